The molecule has 0 saturated carbocycles. The lowest BCUT2D eigenvalue weighted by Gasteiger charge is -2.05. The summed E-state index contributed by atoms with van der Waals surface area (Å²) in [5.74, 6) is 0. The Morgan fingerprint density at radius 1 is 1.73 bits per heavy atom. The molecule has 0 N–H and O–H groups in total. The molecule has 1 atom stereocenters. The lowest BCUT2D eigenvalue weighted by atomic mass is 10.1. The second-order valence-corrected chi connectivity index (χ2v) is 3.22. The molecule has 58 valence electrons. The molecular formula is C8H8ClNO. The first-order valence-corrected chi connectivity index (χ1v) is 3.85. The molecule has 1 aliphatic rings. The number of hydrogen-bond acceptors (Lipinski definition) is 2. The van der Waals surface area contributed by atoms with Crippen LogP contribution in [-0.4, -0.2) is 11.6 Å². The fourth-order valence-corrected chi connectivity index (χ4v) is 1.36. The van der Waals surface area contributed by atoms with Gasteiger partial charge in [-0.05, 0) is 13.0 Å². The molecule has 0 unspecified atom stereocenters. The number of epoxide rings is 1. The highest BCUT2D eigenvalue weighted by molar-refractivity contribution is 6.30. The van der Waals surface area contributed by atoms with Gasteiger partial charge in [-0.3, -0.25) is 0 Å². The zero-order valence-corrected chi connectivity index (χ0v) is 6.93. The summed E-state index contributed by atoms with van der Waals surface area (Å²) in [4.78, 5) is 3.97. The van der Waals surface area contributed by atoms with Crippen molar-refractivity contribution in [3.63, 3.8) is 0 Å². The molecule has 0 amide bonds. The van der Waals surface area contributed by atoms with Gasteiger partial charge in [-0.25, -0.2) is 4.98 Å². The van der Waals surface area contributed by atoms with Crippen molar-refractivity contribution in [2.75, 3.05) is 6.61 Å². The number of halogens is 1. The van der Waals surface area contributed by atoms with Crippen LogP contribution in [0.5, 0.6) is 0 Å². The van der Waals surface area contributed by atoms with Crippen molar-refractivity contribution < 1.29 is 4.74 Å². The number of ether oxygens (including phenoxy) is 1. The zero-order chi connectivity index (χ0) is 7.90. The molecule has 0 aromatic carbocycles. The third-order valence-corrected chi connectivity index (χ3v) is 2.21. The minimum atomic E-state index is -0.161. The van der Waals surface area contributed by atoms with E-state index in [0.717, 1.165) is 12.2 Å². The molecule has 3 heteroatoms. The number of nitrogens with zero attached hydrogens (tertiary/aromatic N) is 1. The SMILES string of the molecule is C[C@@]1(c2cccnc2Cl)CO1. The van der Waals surface area contributed by atoms with Crippen LogP contribution in [0.1, 0.15) is 12.5 Å². The van der Waals surface area contributed by atoms with Crippen LogP contribution in [0.2, 0.25) is 5.15 Å². The first-order valence-electron chi connectivity index (χ1n) is 3.47. The standard InChI is InChI=1S/C8H8ClNO/c1-8(5-11-8)6-3-2-4-10-7(6)9/h2-4H,5H2,1H3/t8-/m0/s1. The molecule has 0 spiro atoms. The zero-order valence-electron chi connectivity index (χ0n) is 6.17. The predicted octanol–water partition coefficient (Wildman–Crippen LogP) is 1.98. The second-order valence-electron chi connectivity index (χ2n) is 2.86. The first-order chi connectivity index (χ1) is 5.22. The van der Waals surface area contributed by atoms with Gasteiger partial charge in [0, 0.05) is 11.8 Å². The van der Waals surface area contributed by atoms with E-state index in [2.05, 4.69) is 4.98 Å². The van der Waals surface area contributed by atoms with Gasteiger partial charge in [0.25, 0.3) is 0 Å². The first kappa shape index (κ1) is 7.07. The molecule has 2 rings (SSSR count). The van der Waals surface area contributed by atoms with Crippen molar-refractivity contribution in [1.29, 1.82) is 0 Å². The van der Waals surface area contributed by atoms with Crippen molar-refractivity contribution in [2.45, 2.75) is 12.5 Å². The van der Waals surface area contributed by atoms with Crippen LogP contribution >= 0.6 is 11.6 Å². The van der Waals surface area contributed by atoms with Crippen LogP contribution in [0.3, 0.4) is 0 Å². The largest absolute Gasteiger partial charge is 0.365 e. The monoisotopic (exact) mass is 169 g/mol. The topological polar surface area (TPSA) is 25.4 Å². The molecule has 2 heterocycles. The lowest BCUT2D eigenvalue weighted by molar-refractivity contribution is 0.329. The number of aromatic nitrogens is 1. The molecule has 11 heavy (non-hydrogen) atoms. The second kappa shape index (κ2) is 2.19. The van der Waals surface area contributed by atoms with E-state index in [1.807, 2.05) is 19.1 Å². The van der Waals surface area contributed by atoms with Gasteiger partial charge in [-0.1, -0.05) is 17.7 Å². The Kier molecular flexibility index (Phi) is 1.41. The quantitative estimate of drug-likeness (QED) is 0.475. The van der Waals surface area contributed by atoms with E-state index in [1.165, 1.54) is 0 Å². The van der Waals surface area contributed by atoms with Gasteiger partial charge in [0.1, 0.15) is 10.8 Å². The molecule has 0 radical (unpaired) electrons. The fraction of sp³-hybridized carbons (Fsp3) is 0.375. The molecule has 1 aromatic rings. The molecular weight excluding hydrogens is 162 g/mol. The average Bonchev–Trinajstić information content (AvgIpc) is 2.70. The van der Waals surface area contributed by atoms with Gasteiger partial charge in [0.2, 0.25) is 0 Å². The molecule has 1 aromatic heterocycles. The van der Waals surface area contributed by atoms with Crippen molar-refractivity contribution in [3.05, 3.63) is 29.0 Å². The number of hydrogen-bond donors (Lipinski definition) is 0. The van der Waals surface area contributed by atoms with Gasteiger partial charge in [-0.15, -0.1) is 0 Å². The van der Waals surface area contributed by atoms with Crippen molar-refractivity contribution in [3.8, 4) is 0 Å². The lowest BCUT2D eigenvalue weighted by Crippen LogP contribution is -2.03. The van der Waals surface area contributed by atoms with Gasteiger partial charge in [0.15, 0.2) is 0 Å². The summed E-state index contributed by atoms with van der Waals surface area (Å²) < 4.78 is 5.24. The van der Waals surface area contributed by atoms with E-state index in [9.17, 15) is 0 Å². The molecule has 0 aliphatic carbocycles. The van der Waals surface area contributed by atoms with Crippen molar-refractivity contribution >= 4 is 11.6 Å². The van der Waals surface area contributed by atoms with Crippen molar-refractivity contribution in [1.82, 2.24) is 4.98 Å². The van der Waals surface area contributed by atoms with Gasteiger partial charge in [-0.2, -0.15) is 0 Å². The fourth-order valence-electron chi connectivity index (χ4n) is 1.04. The summed E-state index contributed by atoms with van der Waals surface area (Å²) >= 11 is 5.86. The molecule has 1 aliphatic heterocycles. The number of rotatable bonds is 1. The maximum absolute atomic E-state index is 5.86. The third kappa shape index (κ3) is 1.12. The van der Waals surface area contributed by atoms with Crippen LogP contribution in [-0.2, 0) is 10.3 Å². The van der Waals surface area contributed by atoms with Crippen molar-refractivity contribution in [2.24, 2.45) is 0 Å². The highest BCUT2D eigenvalue weighted by atomic mass is 35.5. The van der Waals surface area contributed by atoms with Crippen LogP contribution < -0.4 is 0 Å². The minimum Gasteiger partial charge on any atom is -0.365 e. The Morgan fingerprint density at radius 2 is 2.45 bits per heavy atom. The summed E-state index contributed by atoms with van der Waals surface area (Å²) in [5, 5.41) is 0.549. The van der Waals surface area contributed by atoms with E-state index in [0.29, 0.717) is 5.15 Å². The minimum absolute atomic E-state index is 0.161. The predicted molar refractivity (Wildman–Crippen MR) is 42.6 cm³/mol. The van der Waals surface area contributed by atoms with Gasteiger partial charge in [0.05, 0.1) is 6.61 Å². The summed E-state index contributed by atoms with van der Waals surface area (Å²) in [6.07, 6.45) is 1.68. The Hall–Kier alpha value is -0.600. The van der Waals surface area contributed by atoms with Crippen LogP contribution in [0, 0.1) is 0 Å². The maximum Gasteiger partial charge on any atom is 0.135 e. The van der Waals surface area contributed by atoms with E-state index in [-0.39, 0.29) is 5.60 Å². The highest BCUT2D eigenvalue weighted by Gasteiger charge is 2.42. The Labute approximate surface area is 70.2 Å². The van der Waals surface area contributed by atoms with Crippen LogP contribution in [0.15, 0.2) is 18.3 Å². The smallest absolute Gasteiger partial charge is 0.135 e. The average molecular weight is 170 g/mol. The van der Waals surface area contributed by atoms with Crippen LogP contribution in [0.25, 0.3) is 0 Å². The third-order valence-electron chi connectivity index (χ3n) is 1.91. The Bertz CT molecular complexity index is 283. The molecule has 0 bridgehead atoms. The maximum atomic E-state index is 5.86. The summed E-state index contributed by atoms with van der Waals surface area (Å²) in [7, 11) is 0. The van der Waals surface area contributed by atoms with Crippen LogP contribution in [0.4, 0.5) is 0 Å². The van der Waals surface area contributed by atoms with Gasteiger partial charge < -0.3 is 4.74 Å². The molecule has 1 saturated heterocycles. The number of pyridine rings is 1. The Balaban J connectivity index is 2.45. The van der Waals surface area contributed by atoms with E-state index >= 15 is 0 Å². The normalized spacial score (nSPS) is 28.5. The van der Waals surface area contributed by atoms with E-state index < -0.39 is 0 Å². The summed E-state index contributed by atoms with van der Waals surface area (Å²) in [5.41, 5.74) is 0.826. The van der Waals surface area contributed by atoms with Gasteiger partial charge >= 0.3 is 0 Å². The molecule has 2 nitrogen and oxygen atoms in total. The Morgan fingerprint density at radius 3 is 3.00 bits per heavy atom. The van der Waals surface area contributed by atoms with E-state index in [1.54, 1.807) is 6.20 Å². The van der Waals surface area contributed by atoms with E-state index in [4.69, 9.17) is 16.3 Å². The summed E-state index contributed by atoms with van der Waals surface area (Å²) in [6.45, 7) is 2.76. The molecule has 1 fully saturated rings. The highest BCUT2D eigenvalue weighted by Crippen LogP contribution is 2.40. The summed E-state index contributed by atoms with van der Waals surface area (Å²) in [6, 6.07) is 3.82.